The molecular weight excluding hydrogens is 504 g/mol. The quantitative estimate of drug-likeness (QED) is 0.267. The van der Waals surface area contributed by atoms with E-state index in [2.05, 4.69) is 15.0 Å². The van der Waals surface area contributed by atoms with Crippen LogP contribution >= 0.6 is 0 Å². The molecule has 0 amide bonds. The molecule has 2 heterocycles. The smallest absolute Gasteiger partial charge is 0.213 e. The SMILES string of the molecule is CC=S(=O)(Nc1nc2ccccc2nc1Nc1cc(OC)cc(OC)c1)c1ccc(OCCN(C)C)nc1.[HH]. The van der Waals surface area contributed by atoms with E-state index >= 15 is 0 Å². The summed E-state index contributed by atoms with van der Waals surface area (Å²) in [5.74, 6) is 2.40. The van der Waals surface area contributed by atoms with Gasteiger partial charge in [-0.25, -0.2) is 19.2 Å². The van der Waals surface area contributed by atoms with Gasteiger partial charge in [-0.05, 0) is 44.6 Å². The molecule has 10 nitrogen and oxygen atoms in total. The van der Waals surface area contributed by atoms with E-state index in [0.29, 0.717) is 57.2 Å². The highest BCUT2D eigenvalue weighted by atomic mass is 32.2. The first-order chi connectivity index (χ1) is 18.3. The van der Waals surface area contributed by atoms with E-state index in [1.165, 1.54) is 0 Å². The van der Waals surface area contributed by atoms with E-state index in [9.17, 15) is 4.21 Å². The number of anilines is 3. The number of fused-ring (bicyclic) bond motifs is 1. The molecule has 11 heteroatoms. The Labute approximate surface area is 224 Å². The van der Waals surface area contributed by atoms with Gasteiger partial charge in [-0.3, -0.25) is 4.72 Å². The standard InChI is InChI=1S/C27H32N6O4S.H2/c1-6-38(34,22-11-12-25(28-18-22)37-14-13-33(2)3)32-27-26(30-23-9-7-8-10-24(23)31-27)29-19-15-20(35-4)17-21(16-19)36-5;/h6-12,15-18H,13-14H2,1-5H3,(H,29,30)(H,31,32,34);1H. The number of aromatic nitrogens is 3. The molecule has 2 N–H and O–H groups in total. The predicted molar refractivity (Wildman–Crippen MR) is 155 cm³/mol. The van der Waals surface area contributed by atoms with Gasteiger partial charge in [-0.2, -0.15) is 0 Å². The minimum absolute atomic E-state index is 0. The van der Waals surface area contributed by atoms with Crippen molar-refractivity contribution in [3.8, 4) is 17.4 Å². The molecular formula is C27H34N6O4S. The highest BCUT2D eigenvalue weighted by Crippen LogP contribution is 2.31. The van der Waals surface area contributed by atoms with E-state index in [1.807, 2.05) is 55.4 Å². The zero-order valence-electron chi connectivity index (χ0n) is 22.1. The average Bonchev–Trinajstić information content (AvgIpc) is 2.93. The van der Waals surface area contributed by atoms with Crippen LogP contribution in [0.25, 0.3) is 11.0 Å². The van der Waals surface area contributed by atoms with Crippen molar-refractivity contribution in [2.24, 2.45) is 0 Å². The molecule has 1 atom stereocenters. The third-order valence-corrected chi connectivity index (χ3v) is 7.72. The second kappa shape index (κ2) is 12.0. The second-order valence-corrected chi connectivity index (χ2v) is 10.9. The lowest BCUT2D eigenvalue weighted by Crippen LogP contribution is -2.20. The molecule has 2 aromatic heterocycles. The van der Waals surface area contributed by atoms with Crippen LogP contribution in [0.2, 0.25) is 0 Å². The number of hydrogen-bond donors (Lipinski definition) is 2. The molecule has 0 fully saturated rings. The summed E-state index contributed by atoms with van der Waals surface area (Å²) in [6, 6.07) is 16.3. The van der Waals surface area contributed by atoms with Crippen molar-refractivity contribution >= 4 is 43.4 Å². The Morgan fingerprint density at radius 2 is 1.63 bits per heavy atom. The van der Waals surface area contributed by atoms with Gasteiger partial charge in [0.15, 0.2) is 11.6 Å². The molecule has 4 rings (SSSR count). The van der Waals surface area contributed by atoms with Gasteiger partial charge in [0.05, 0.1) is 39.9 Å². The number of nitrogens with one attached hydrogen (secondary N) is 2. The van der Waals surface area contributed by atoms with E-state index in [1.54, 1.807) is 50.9 Å². The average molecular weight is 539 g/mol. The van der Waals surface area contributed by atoms with Crippen molar-refractivity contribution in [2.45, 2.75) is 11.8 Å². The first-order valence-electron chi connectivity index (χ1n) is 12.0. The van der Waals surface area contributed by atoms with Crippen molar-refractivity contribution in [1.29, 1.82) is 0 Å². The maximum absolute atomic E-state index is 14.1. The van der Waals surface area contributed by atoms with Crippen LogP contribution in [0, 0.1) is 0 Å². The lowest BCUT2D eigenvalue weighted by molar-refractivity contribution is 0.253. The summed E-state index contributed by atoms with van der Waals surface area (Å²) in [6.07, 6.45) is 1.55. The number of methoxy groups -OCH3 is 2. The van der Waals surface area contributed by atoms with Crippen LogP contribution in [0.4, 0.5) is 17.3 Å². The maximum atomic E-state index is 14.1. The third-order valence-electron chi connectivity index (χ3n) is 5.61. The fourth-order valence-electron chi connectivity index (χ4n) is 3.54. The molecule has 0 radical (unpaired) electrons. The fourth-order valence-corrected chi connectivity index (χ4v) is 4.95. The molecule has 0 spiro atoms. The van der Waals surface area contributed by atoms with Crippen LogP contribution in [0.1, 0.15) is 8.35 Å². The third kappa shape index (κ3) is 6.42. The Hall–Kier alpha value is -4.09. The van der Waals surface area contributed by atoms with E-state index in [0.717, 1.165) is 6.54 Å². The number of ether oxygens (including phenoxy) is 3. The zero-order valence-corrected chi connectivity index (χ0v) is 22.9. The van der Waals surface area contributed by atoms with Gasteiger partial charge in [-0.15, -0.1) is 0 Å². The van der Waals surface area contributed by atoms with Crippen molar-refractivity contribution < 1.29 is 19.8 Å². The highest BCUT2D eigenvalue weighted by Gasteiger charge is 2.17. The van der Waals surface area contributed by atoms with Crippen LogP contribution in [-0.4, -0.2) is 70.9 Å². The van der Waals surface area contributed by atoms with Gasteiger partial charge in [0.1, 0.15) is 18.1 Å². The Morgan fingerprint density at radius 3 is 2.18 bits per heavy atom. The second-order valence-electron chi connectivity index (χ2n) is 8.56. The van der Waals surface area contributed by atoms with E-state index < -0.39 is 9.71 Å². The normalized spacial score (nSPS) is 12.6. The van der Waals surface area contributed by atoms with Crippen LogP contribution in [0.5, 0.6) is 17.4 Å². The number of nitrogens with zero attached hydrogens (tertiary/aromatic N) is 4. The Balaban J connectivity index is 0.00000420. The first kappa shape index (κ1) is 27.0. The maximum Gasteiger partial charge on any atom is 0.213 e. The van der Waals surface area contributed by atoms with Crippen molar-refractivity contribution in [3.63, 3.8) is 0 Å². The summed E-state index contributed by atoms with van der Waals surface area (Å²) in [5.41, 5.74) is 2.01. The van der Waals surface area contributed by atoms with Crippen LogP contribution in [-0.2, 0) is 9.71 Å². The monoisotopic (exact) mass is 538 g/mol. The van der Waals surface area contributed by atoms with Gasteiger partial charge >= 0.3 is 0 Å². The molecule has 0 aliphatic rings. The summed E-state index contributed by atoms with van der Waals surface area (Å²) in [7, 11) is 4.20. The molecule has 0 saturated carbocycles. The van der Waals surface area contributed by atoms with E-state index in [-0.39, 0.29) is 1.43 Å². The number of pyridine rings is 1. The highest BCUT2D eigenvalue weighted by molar-refractivity contribution is 8.02. The minimum Gasteiger partial charge on any atom is -0.497 e. The van der Waals surface area contributed by atoms with Crippen molar-refractivity contribution in [3.05, 3.63) is 60.8 Å². The van der Waals surface area contributed by atoms with Gasteiger partial charge in [0.25, 0.3) is 0 Å². The Morgan fingerprint density at radius 1 is 0.974 bits per heavy atom. The number of hydrogen-bond acceptors (Lipinski definition) is 9. The molecule has 0 bridgehead atoms. The summed E-state index contributed by atoms with van der Waals surface area (Å²) in [4.78, 5) is 16.4. The lowest BCUT2D eigenvalue weighted by atomic mass is 10.2. The summed E-state index contributed by atoms with van der Waals surface area (Å²) < 4.78 is 33.7. The molecule has 202 valence electrons. The molecule has 0 aliphatic carbocycles. The van der Waals surface area contributed by atoms with Gasteiger partial charge in [0, 0.05) is 44.1 Å². The molecule has 0 aliphatic heterocycles. The largest absolute Gasteiger partial charge is 0.497 e. The Kier molecular flexibility index (Phi) is 8.49. The van der Waals surface area contributed by atoms with Gasteiger partial charge in [-0.1, -0.05) is 12.1 Å². The fraction of sp³-hybridized carbons (Fsp3) is 0.259. The van der Waals surface area contributed by atoms with Gasteiger partial charge < -0.3 is 24.4 Å². The van der Waals surface area contributed by atoms with Gasteiger partial charge in [0.2, 0.25) is 5.88 Å². The number of para-hydroxylation sites is 2. The minimum atomic E-state index is -2.91. The van der Waals surface area contributed by atoms with E-state index in [4.69, 9.17) is 24.2 Å². The lowest BCUT2D eigenvalue weighted by Gasteiger charge is -2.18. The molecule has 2 aromatic carbocycles. The number of likely N-dealkylation sites (N-methyl/N-ethyl adjacent to an activating group) is 1. The summed E-state index contributed by atoms with van der Waals surface area (Å²) in [5, 5.41) is 4.88. The van der Waals surface area contributed by atoms with Crippen molar-refractivity contribution in [2.75, 3.05) is 51.5 Å². The van der Waals surface area contributed by atoms with Crippen molar-refractivity contribution in [1.82, 2.24) is 19.9 Å². The molecule has 38 heavy (non-hydrogen) atoms. The Bertz CT molecular complexity index is 1500. The molecule has 4 aromatic rings. The summed E-state index contributed by atoms with van der Waals surface area (Å²) in [6.45, 7) is 3.00. The molecule has 0 saturated heterocycles. The summed E-state index contributed by atoms with van der Waals surface area (Å²) >= 11 is 0. The topological polar surface area (TPSA) is 111 Å². The zero-order chi connectivity index (χ0) is 27.1. The number of benzene rings is 2. The van der Waals surface area contributed by atoms with Crippen LogP contribution in [0.3, 0.4) is 0 Å². The molecule has 1 unspecified atom stereocenters. The van der Waals surface area contributed by atoms with Crippen LogP contribution in [0.15, 0.2) is 65.7 Å². The van der Waals surface area contributed by atoms with Crippen LogP contribution < -0.4 is 24.2 Å². The first-order valence-corrected chi connectivity index (χ1v) is 13.6. The predicted octanol–water partition coefficient (Wildman–Crippen LogP) is 4.46. The number of rotatable bonds is 11.